The van der Waals surface area contributed by atoms with Crippen LogP contribution in [0.2, 0.25) is 0 Å². The average molecular weight is 625 g/mol. The first-order chi connectivity index (χ1) is 21.2. The third kappa shape index (κ3) is 16.0. The molecule has 1 rings (SSSR count). The maximum Gasteiger partial charge on any atom is 0.333 e. The quantitative estimate of drug-likeness (QED) is 0.105. The summed E-state index contributed by atoms with van der Waals surface area (Å²) >= 11 is 0. The van der Waals surface area contributed by atoms with Gasteiger partial charge in [-0.3, -0.25) is 0 Å². The van der Waals surface area contributed by atoms with Gasteiger partial charge in [0.1, 0.15) is 24.4 Å². The Morgan fingerprint density at radius 2 is 1.18 bits per heavy atom. The van der Waals surface area contributed by atoms with Gasteiger partial charge in [0.25, 0.3) is 0 Å². The molecule has 0 amide bonds. The summed E-state index contributed by atoms with van der Waals surface area (Å²) in [7, 11) is 1.36. The first kappa shape index (κ1) is 39.7. The van der Waals surface area contributed by atoms with Crippen molar-refractivity contribution in [3.63, 3.8) is 0 Å². The molecule has 0 radical (unpaired) electrons. The van der Waals surface area contributed by atoms with Gasteiger partial charge in [-0.05, 0) is 54.9 Å². The summed E-state index contributed by atoms with van der Waals surface area (Å²) in [5.41, 5.74) is 4.11. The van der Waals surface area contributed by atoms with Gasteiger partial charge in [0.2, 0.25) is 0 Å². The van der Waals surface area contributed by atoms with E-state index in [9.17, 15) is 25.2 Å². The summed E-state index contributed by atoms with van der Waals surface area (Å²) in [6, 6.07) is 0. The number of rotatable bonds is 15. The highest BCUT2D eigenvalue weighted by molar-refractivity contribution is 5.87. The molecule has 1 aliphatic rings. The molecule has 0 spiro atoms. The number of carbonyl (C=O) groups excluding carboxylic acids is 1. The van der Waals surface area contributed by atoms with Crippen LogP contribution in [0, 0.1) is 0 Å². The fraction of sp³-hybridized carbons (Fsp3) is 0.432. The van der Waals surface area contributed by atoms with Crippen LogP contribution in [0.25, 0.3) is 0 Å². The van der Waals surface area contributed by atoms with E-state index in [-0.39, 0.29) is 5.97 Å². The predicted octanol–water partition coefficient (Wildman–Crippen LogP) is 5.66. The summed E-state index contributed by atoms with van der Waals surface area (Å²) < 4.78 is 16.0. The molecule has 1 heterocycles. The van der Waals surface area contributed by atoms with Gasteiger partial charge in [-0.15, -0.1) is 0 Å². The molecular formula is C37H52O8. The van der Waals surface area contributed by atoms with Crippen molar-refractivity contribution in [2.24, 2.45) is 0 Å². The molecule has 4 N–H and O–H groups in total. The maximum atomic E-state index is 11.4. The summed E-state index contributed by atoms with van der Waals surface area (Å²) in [4.78, 5) is 11.4. The molecule has 1 saturated heterocycles. The minimum atomic E-state index is -1.47. The average Bonchev–Trinajstić information content (AvgIpc) is 2.98. The third-order valence-electron chi connectivity index (χ3n) is 6.75. The number of methoxy groups -OCH3 is 1. The fourth-order valence-corrected chi connectivity index (χ4v) is 3.97. The number of carbonyl (C=O) groups is 1. The number of esters is 1. The lowest BCUT2D eigenvalue weighted by atomic mass is 9.98. The van der Waals surface area contributed by atoms with Crippen molar-refractivity contribution in [3.8, 4) is 0 Å². The largest absolute Gasteiger partial charge is 0.466 e. The summed E-state index contributed by atoms with van der Waals surface area (Å²) in [5.74, 6) is -0.337. The third-order valence-corrected chi connectivity index (χ3v) is 6.75. The zero-order valence-electron chi connectivity index (χ0n) is 27.9. The molecule has 8 heteroatoms. The Balaban J connectivity index is 2.59. The molecule has 0 aromatic rings. The summed E-state index contributed by atoms with van der Waals surface area (Å²) in [6.07, 6.45) is 23.5. The van der Waals surface area contributed by atoms with Gasteiger partial charge in [-0.1, -0.05) is 113 Å². The number of hydrogen-bond donors (Lipinski definition) is 4. The molecular weight excluding hydrogens is 572 g/mol. The van der Waals surface area contributed by atoms with Crippen LogP contribution in [0.4, 0.5) is 0 Å². The normalized spacial score (nSPS) is 25.2. The Morgan fingerprint density at radius 1 is 0.711 bits per heavy atom. The number of ether oxygens (including phenoxy) is 3. The van der Waals surface area contributed by atoms with Crippen molar-refractivity contribution in [2.75, 3.05) is 13.7 Å². The number of aliphatic hydroxyl groups excluding tert-OH is 4. The van der Waals surface area contributed by atoms with Crippen molar-refractivity contribution in [3.05, 3.63) is 119 Å². The Bertz CT molecular complexity index is 1250. The lowest BCUT2D eigenvalue weighted by Crippen LogP contribution is -2.60. The molecule has 248 valence electrons. The second-order valence-electron chi connectivity index (χ2n) is 11.6. The lowest BCUT2D eigenvalue weighted by Gasteiger charge is -2.42. The van der Waals surface area contributed by atoms with E-state index in [0.717, 1.165) is 22.3 Å². The second kappa shape index (κ2) is 20.6. The SMILES string of the molecule is COC(=O)/C(C)=C/C=C/C(C)=C/C=C/C=C(C)/C=C/C=C(C)/C=C/C=C(C)/C=C/CC(C)(C)O[C@H]1O[C@H](CO)[C@@H](O)[C@H](O)[C@H]1O. The van der Waals surface area contributed by atoms with E-state index in [0.29, 0.717) is 12.0 Å². The van der Waals surface area contributed by atoms with Crippen LogP contribution in [0.15, 0.2) is 119 Å². The number of hydrogen-bond acceptors (Lipinski definition) is 8. The molecule has 0 unspecified atom stereocenters. The van der Waals surface area contributed by atoms with E-state index in [2.05, 4.69) is 4.74 Å². The topological polar surface area (TPSA) is 126 Å². The van der Waals surface area contributed by atoms with Gasteiger partial charge in [-0.25, -0.2) is 4.79 Å². The molecule has 8 nitrogen and oxygen atoms in total. The molecule has 45 heavy (non-hydrogen) atoms. The highest BCUT2D eigenvalue weighted by Crippen LogP contribution is 2.27. The zero-order chi connectivity index (χ0) is 34.0. The van der Waals surface area contributed by atoms with Gasteiger partial charge in [0.15, 0.2) is 6.29 Å². The summed E-state index contributed by atoms with van der Waals surface area (Å²) in [6.45, 7) is 12.9. The van der Waals surface area contributed by atoms with Gasteiger partial charge >= 0.3 is 5.97 Å². The van der Waals surface area contributed by atoms with E-state index in [1.807, 2.05) is 127 Å². The highest BCUT2D eigenvalue weighted by Gasteiger charge is 2.45. The van der Waals surface area contributed by atoms with E-state index >= 15 is 0 Å². The minimum absolute atomic E-state index is 0.337. The van der Waals surface area contributed by atoms with Crippen LogP contribution in [-0.4, -0.2) is 76.4 Å². The summed E-state index contributed by atoms with van der Waals surface area (Å²) in [5, 5.41) is 39.5. The lowest BCUT2D eigenvalue weighted by molar-refractivity contribution is -0.322. The van der Waals surface area contributed by atoms with Gasteiger partial charge < -0.3 is 34.6 Å². The van der Waals surface area contributed by atoms with Gasteiger partial charge in [-0.2, -0.15) is 0 Å². The Hall–Kier alpha value is -3.37. The molecule has 0 bridgehead atoms. The van der Waals surface area contributed by atoms with Crippen molar-refractivity contribution in [1.29, 1.82) is 0 Å². The van der Waals surface area contributed by atoms with E-state index in [1.165, 1.54) is 7.11 Å². The van der Waals surface area contributed by atoms with Crippen molar-refractivity contribution in [2.45, 2.75) is 91.2 Å². The van der Waals surface area contributed by atoms with Crippen LogP contribution in [0.3, 0.4) is 0 Å². The molecule has 0 saturated carbocycles. The highest BCUT2D eigenvalue weighted by atomic mass is 16.7. The molecule has 5 atom stereocenters. The molecule has 1 aliphatic heterocycles. The van der Waals surface area contributed by atoms with Crippen LogP contribution in [0.1, 0.15) is 54.9 Å². The van der Waals surface area contributed by atoms with E-state index in [4.69, 9.17) is 9.47 Å². The fourth-order valence-electron chi connectivity index (χ4n) is 3.97. The first-order valence-electron chi connectivity index (χ1n) is 15.0. The van der Waals surface area contributed by atoms with Crippen LogP contribution >= 0.6 is 0 Å². The Kier molecular flexibility index (Phi) is 18.2. The monoisotopic (exact) mass is 624 g/mol. The molecule has 1 fully saturated rings. The van der Waals surface area contributed by atoms with Crippen LogP contribution in [-0.2, 0) is 19.0 Å². The first-order valence-corrected chi connectivity index (χ1v) is 15.0. The second-order valence-corrected chi connectivity index (χ2v) is 11.6. The smallest absolute Gasteiger partial charge is 0.333 e. The molecule has 0 aromatic heterocycles. The van der Waals surface area contributed by atoms with E-state index < -0.39 is 42.9 Å². The Morgan fingerprint density at radius 3 is 1.67 bits per heavy atom. The van der Waals surface area contributed by atoms with Gasteiger partial charge in [0.05, 0.1) is 19.3 Å². The molecule has 0 aliphatic carbocycles. The van der Waals surface area contributed by atoms with Crippen LogP contribution < -0.4 is 0 Å². The van der Waals surface area contributed by atoms with Crippen molar-refractivity contribution in [1.82, 2.24) is 0 Å². The number of allylic oxidation sites excluding steroid dienone is 18. The van der Waals surface area contributed by atoms with Crippen molar-refractivity contribution < 1.29 is 39.4 Å². The zero-order valence-corrected chi connectivity index (χ0v) is 27.9. The maximum absolute atomic E-state index is 11.4. The van der Waals surface area contributed by atoms with Crippen LogP contribution in [0.5, 0.6) is 0 Å². The Labute approximate surface area is 269 Å². The minimum Gasteiger partial charge on any atom is -0.466 e. The van der Waals surface area contributed by atoms with E-state index in [1.54, 1.807) is 13.0 Å². The van der Waals surface area contributed by atoms with Gasteiger partial charge in [0, 0.05) is 5.57 Å². The number of aliphatic hydroxyl groups is 4. The van der Waals surface area contributed by atoms with Crippen molar-refractivity contribution >= 4 is 5.97 Å². The molecule has 0 aromatic carbocycles. The standard InChI is InChI=1S/C37H52O8/c1-26(15-9-10-16-27(2)21-13-23-30(5)35(42)43-8)17-11-18-28(3)19-12-20-29(4)22-14-24-37(6,7)45-36-34(41)33(40)32(39)31(25-38)44-36/h9-23,31-34,36,38-41H,24-25H2,1-8H3/b10-9+,17-11+,19-12+,21-13+,22-14+,26-15+,27-16+,28-18+,29-20+,30-23+/t31-,32-,33+,34-,36-/m1/s1. The predicted molar refractivity (Wildman–Crippen MR) is 180 cm³/mol.